The Labute approximate surface area is 166 Å². The first-order valence-corrected chi connectivity index (χ1v) is 9.69. The van der Waals surface area contributed by atoms with E-state index in [4.69, 9.17) is 4.98 Å². The van der Waals surface area contributed by atoms with Gasteiger partial charge in [-0.1, -0.05) is 42.5 Å². The summed E-state index contributed by atoms with van der Waals surface area (Å²) in [7, 11) is 0. The maximum atomic E-state index is 12.8. The largest absolute Gasteiger partial charge is 0.353 e. The Balaban J connectivity index is 1.45. The molecule has 0 bridgehead atoms. The topological polar surface area (TPSA) is 49.3 Å². The number of hydrogen-bond acceptors (Lipinski definition) is 4. The molecule has 1 aliphatic rings. The molecule has 0 radical (unpaired) electrons. The first-order chi connectivity index (χ1) is 13.2. The van der Waals surface area contributed by atoms with Gasteiger partial charge in [0.05, 0.1) is 5.56 Å². The minimum atomic E-state index is 0.0646. The van der Waals surface area contributed by atoms with Crippen molar-refractivity contribution in [2.45, 2.75) is 0 Å². The van der Waals surface area contributed by atoms with Gasteiger partial charge in [0.25, 0.3) is 5.91 Å². The molecule has 3 aromatic rings. The van der Waals surface area contributed by atoms with Crippen molar-refractivity contribution in [2.24, 2.45) is 0 Å². The van der Waals surface area contributed by atoms with Crippen LogP contribution >= 0.6 is 15.9 Å². The third kappa shape index (κ3) is 3.85. The van der Waals surface area contributed by atoms with Crippen molar-refractivity contribution >= 4 is 27.7 Å². The van der Waals surface area contributed by atoms with Crippen LogP contribution in [0.1, 0.15) is 10.4 Å². The summed E-state index contributed by atoms with van der Waals surface area (Å²) in [4.78, 5) is 26.0. The van der Waals surface area contributed by atoms with Gasteiger partial charge in [-0.3, -0.25) is 4.79 Å². The molecule has 1 saturated heterocycles. The number of hydrogen-bond donors (Lipinski definition) is 0. The lowest BCUT2D eigenvalue weighted by Gasteiger charge is -2.35. The second kappa shape index (κ2) is 7.88. The number of amides is 1. The molecule has 0 aliphatic carbocycles. The van der Waals surface area contributed by atoms with E-state index < -0.39 is 0 Å². The van der Waals surface area contributed by atoms with Gasteiger partial charge < -0.3 is 9.80 Å². The van der Waals surface area contributed by atoms with Crippen molar-refractivity contribution in [3.05, 3.63) is 76.9 Å². The predicted octanol–water partition coefficient (Wildman–Crippen LogP) is 3.87. The Morgan fingerprint density at radius 1 is 0.889 bits per heavy atom. The van der Waals surface area contributed by atoms with E-state index in [1.165, 1.54) is 0 Å². The molecule has 4 rings (SSSR count). The van der Waals surface area contributed by atoms with E-state index in [9.17, 15) is 4.79 Å². The van der Waals surface area contributed by atoms with E-state index in [0.29, 0.717) is 18.7 Å². The van der Waals surface area contributed by atoms with Gasteiger partial charge in [-0.2, -0.15) is 0 Å². The Hall–Kier alpha value is -2.73. The highest BCUT2D eigenvalue weighted by Crippen LogP contribution is 2.21. The van der Waals surface area contributed by atoms with Crippen LogP contribution in [-0.2, 0) is 0 Å². The zero-order chi connectivity index (χ0) is 18.6. The van der Waals surface area contributed by atoms with Crippen molar-refractivity contribution in [3.63, 3.8) is 0 Å². The van der Waals surface area contributed by atoms with Crippen LogP contribution in [0.4, 0.5) is 5.82 Å². The zero-order valence-electron chi connectivity index (χ0n) is 14.8. The summed E-state index contributed by atoms with van der Waals surface area (Å²) < 4.78 is 0.834. The first kappa shape index (κ1) is 17.7. The van der Waals surface area contributed by atoms with Gasteiger partial charge in [0, 0.05) is 42.4 Å². The Morgan fingerprint density at radius 2 is 1.59 bits per heavy atom. The van der Waals surface area contributed by atoms with E-state index >= 15 is 0 Å². The average molecular weight is 423 g/mol. The summed E-state index contributed by atoms with van der Waals surface area (Å²) in [5.74, 6) is 1.69. The Morgan fingerprint density at radius 3 is 2.33 bits per heavy atom. The van der Waals surface area contributed by atoms with Crippen LogP contribution in [0.2, 0.25) is 0 Å². The number of carbonyl (C=O) groups is 1. The monoisotopic (exact) mass is 422 g/mol. The summed E-state index contributed by atoms with van der Waals surface area (Å²) in [5.41, 5.74) is 1.71. The fourth-order valence-electron chi connectivity index (χ4n) is 3.20. The second-order valence-corrected chi connectivity index (χ2v) is 7.22. The van der Waals surface area contributed by atoms with E-state index in [-0.39, 0.29) is 5.91 Å². The number of anilines is 1. The van der Waals surface area contributed by atoms with Gasteiger partial charge in [0.2, 0.25) is 0 Å². The highest BCUT2D eigenvalue weighted by molar-refractivity contribution is 9.10. The summed E-state index contributed by atoms with van der Waals surface area (Å²) in [6, 6.07) is 19.4. The molecule has 1 aliphatic heterocycles. The smallest absolute Gasteiger partial charge is 0.255 e. The minimum absolute atomic E-state index is 0.0646. The summed E-state index contributed by atoms with van der Waals surface area (Å²) in [6.07, 6.45) is 1.79. The SMILES string of the molecule is O=C(c1ccccc1Br)N1CCN(c2ccnc(-c3ccccc3)n2)CC1. The molecule has 136 valence electrons. The molecular formula is C21H19BrN4O. The van der Waals surface area contributed by atoms with Gasteiger partial charge in [-0.25, -0.2) is 9.97 Å². The molecule has 0 spiro atoms. The fourth-order valence-corrected chi connectivity index (χ4v) is 3.65. The molecule has 0 atom stereocenters. The van der Waals surface area contributed by atoms with Crippen LogP contribution in [0.15, 0.2) is 71.3 Å². The maximum Gasteiger partial charge on any atom is 0.255 e. The van der Waals surface area contributed by atoms with Crippen molar-refractivity contribution in [2.75, 3.05) is 31.1 Å². The predicted molar refractivity (Wildman–Crippen MR) is 110 cm³/mol. The lowest BCUT2D eigenvalue weighted by Crippen LogP contribution is -2.49. The number of benzene rings is 2. The lowest BCUT2D eigenvalue weighted by atomic mass is 10.2. The highest BCUT2D eigenvalue weighted by Gasteiger charge is 2.24. The number of carbonyl (C=O) groups excluding carboxylic acids is 1. The van der Waals surface area contributed by atoms with Gasteiger partial charge in [-0.15, -0.1) is 0 Å². The van der Waals surface area contributed by atoms with Gasteiger partial charge in [0.15, 0.2) is 5.82 Å². The molecule has 2 aromatic carbocycles. The summed E-state index contributed by atoms with van der Waals surface area (Å²) in [6.45, 7) is 2.85. The number of rotatable bonds is 3. The third-order valence-electron chi connectivity index (χ3n) is 4.67. The van der Waals surface area contributed by atoms with Gasteiger partial charge >= 0.3 is 0 Å². The quantitative estimate of drug-likeness (QED) is 0.642. The van der Waals surface area contributed by atoms with Gasteiger partial charge in [0.1, 0.15) is 5.82 Å². The third-order valence-corrected chi connectivity index (χ3v) is 5.36. The Kier molecular flexibility index (Phi) is 5.16. The molecule has 0 unspecified atom stereocenters. The lowest BCUT2D eigenvalue weighted by molar-refractivity contribution is 0.0745. The molecule has 1 aromatic heterocycles. The van der Waals surface area contributed by atoms with Crippen LogP contribution in [0.5, 0.6) is 0 Å². The average Bonchev–Trinajstić information content (AvgIpc) is 2.74. The number of aromatic nitrogens is 2. The van der Waals surface area contributed by atoms with Crippen molar-refractivity contribution in [3.8, 4) is 11.4 Å². The van der Waals surface area contributed by atoms with E-state index in [1.54, 1.807) is 6.20 Å². The molecule has 1 fully saturated rings. The van der Waals surface area contributed by atoms with Crippen LogP contribution in [-0.4, -0.2) is 47.0 Å². The maximum absolute atomic E-state index is 12.8. The van der Waals surface area contributed by atoms with E-state index in [1.807, 2.05) is 65.6 Å². The van der Waals surface area contributed by atoms with Crippen molar-refractivity contribution in [1.82, 2.24) is 14.9 Å². The molecule has 1 amide bonds. The zero-order valence-corrected chi connectivity index (χ0v) is 16.3. The second-order valence-electron chi connectivity index (χ2n) is 6.36. The number of halogens is 1. The standard InChI is InChI=1S/C21H19BrN4O/c22-18-9-5-4-8-17(18)21(27)26-14-12-25(13-15-26)19-10-11-23-20(24-19)16-6-2-1-3-7-16/h1-11H,12-15H2. The van der Waals surface area contributed by atoms with Crippen LogP contribution in [0, 0.1) is 0 Å². The summed E-state index contributed by atoms with van der Waals surface area (Å²) >= 11 is 3.47. The molecule has 6 heteroatoms. The van der Waals surface area contributed by atoms with E-state index in [0.717, 1.165) is 34.8 Å². The van der Waals surface area contributed by atoms with Crippen LogP contribution in [0.25, 0.3) is 11.4 Å². The molecular weight excluding hydrogens is 404 g/mol. The molecule has 27 heavy (non-hydrogen) atoms. The van der Waals surface area contributed by atoms with Crippen LogP contribution in [0.3, 0.4) is 0 Å². The first-order valence-electron chi connectivity index (χ1n) is 8.89. The molecule has 0 saturated carbocycles. The van der Waals surface area contributed by atoms with Gasteiger partial charge in [-0.05, 0) is 34.1 Å². The fraction of sp³-hybridized carbons (Fsp3) is 0.190. The van der Waals surface area contributed by atoms with Crippen molar-refractivity contribution < 1.29 is 4.79 Å². The minimum Gasteiger partial charge on any atom is -0.353 e. The van der Waals surface area contributed by atoms with Crippen molar-refractivity contribution in [1.29, 1.82) is 0 Å². The molecule has 5 nitrogen and oxygen atoms in total. The molecule has 0 N–H and O–H groups in total. The van der Waals surface area contributed by atoms with E-state index in [2.05, 4.69) is 25.8 Å². The van der Waals surface area contributed by atoms with Crippen LogP contribution < -0.4 is 4.90 Å². The number of nitrogens with zero attached hydrogens (tertiary/aromatic N) is 4. The normalized spacial score (nSPS) is 14.3. The highest BCUT2D eigenvalue weighted by atomic mass is 79.9. The summed E-state index contributed by atoms with van der Waals surface area (Å²) in [5, 5.41) is 0. The Bertz CT molecular complexity index is 940. The molecule has 2 heterocycles. The number of piperazine rings is 1.